The Bertz CT molecular complexity index is 899. The minimum Gasteiger partial charge on any atom is -0.471 e. The number of hydrogen-bond acceptors (Lipinski definition) is 12. The van der Waals surface area contributed by atoms with Gasteiger partial charge in [-0.15, -0.1) is 6.58 Å². The Kier molecular flexibility index (Phi) is 10.9. The van der Waals surface area contributed by atoms with Crippen molar-refractivity contribution >= 4 is 11.9 Å². The summed E-state index contributed by atoms with van der Waals surface area (Å²) < 4.78 is 27.5. The van der Waals surface area contributed by atoms with Gasteiger partial charge in [-0.1, -0.05) is 24.6 Å². The maximum atomic E-state index is 12.7. The number of esters is 2. The summed E-state index contributed by atoms with van der Waals surface area (Å²) in [5, 5.41) is 48.7. The second kappa shape index (κ2) is 13.7. The van der Waals surface area contributed by atoms with Gasteiger partial charge >= 0.3 is 11.9 Å². The number of ether oxygens (including phenoxy) is 5. The number of aliphatic hydroxyl groups excluding tert-OH is 5. The van der Waals surface area contributed by atoms with Crippen molar-refractivity contribution in [3.8, 4) is 0 Å². The minimum absolute atomic E-state index is 0.0285. The molecule has 4 unspecified atom stereocenters. The van der Waals surface area contributed by atoms with Gasteiger partial charge in [-0.2, -0.15) is 0 Å². The number of allylic oxidation sites excluding steroid dienone is 1. The van der Waals surface area contributed by atoms with Crippen molar-refractivity contribution in [3.63, 3.8) is 0 Å². The SMILES string of the molecule is C=CC1C(O[C@@H]2O[C@H](CO)[C@@H](O)[C@@H](O)[C@H]2O)OC=C2C(=O)OC(OC(=O)[C@@H](C)CCC/C(C)=C\CO)CC21. The molecule has 0 radical (unpaired) electrons. The Balaban J connectivity index is 1.62. The molecule has 0 aliphatic carbocycles. The maximum Gasteiger partial charge on any atom is 0.340 e. The third kappa shape index (κ3) is 7.00. The first-order valence-electron chi connectivity index (χ1n) is 12.7. The van der Waals surface area contributed by atoms with Crippen LogP contribution in [0.25, 0.3) is 0 Å². The van der Waals surface area contributed by atoms with E-state index in [1.807, 2.05) is 6.92 Å². The molecule has 10 atom stereocenters. The van der Waals surface area contributed by atoms with E-state index >= 15 is 0 Å². The lowest BCUT2D eigenvalue weighted by Crippen LogP contribution is -2.60. The smallest absolute Gasteiger partial charge is 0.340 e. The monoisotopic (exact) mass is 542 g/mol. The van der Waals surface area contributed by atoms with Gasteiger partial charge in [0, 0.05) is 18.3 Å². The van der Waals surface area contributed by atoms with Gasteiger partial charge in [-0.05, 0) is 26.2 Å². The van der Waals surface area contributed by atoms with Crippen LogP contribution in [0.2, 0.25) is 0 Å². The lowest BCUT2D eigenvalue weighted by molar-refractivity contribution is -0.340. The predicted molar refractivity (Wildman–Crippen MR) is 129 cm³/mol. The second-order valence-electron chi connectivity index (χ2n) is 9.86. The van der Waals surface area contributed by atoms with Gasteiger partial charge < -0.3 is 49.2 Å². The van der Waals surface area contributed by atoms with Gasteiger partial charge in [0.1, 0.15) is 24.4 Å². The molecule has 214 valence electrons. The first kappa shape index (κ1) is 30.2. The van der Waals surface area contributed by atoms with Crippen LogP contribution in [0.1, 0.15) is 39.5 Å². The van der Waals surface area contributed by atoms with E-state index in [4.69, 9.17) is 28.8 Å². The highest BCUT2D eigenvalue weighted by Gasteiger charge is 2.49. The molecule has 0 spiro atoms. The van der Waals surface area contributed by atoms with E-state index in [9.17, 15) is 30.0 Å². The standard InChI is InChI=1S/C26H38O12/c1-4-15-16-10-19(36-23(32)14(3)7-5-6-13(2)8-9-27)37-24(33)17(16)12-34-25(15)38-26-22(31)21(30)20(29)18(11-28)35-26/h4,8,12,14-16,18-22,25-31H,1,5-7,9-11H2,2-3H3/b13-8-/t14-,15?,16?,18+,19?,20+,21+,22+,25?,26-/m0/s1. The molecule has 38 heavy (non-hydrogen) atoms. The summed E-state index contributed by atoms with van der Waals surface area (Å²) in [6.45, 7) is 6.78. The molecule has 12 heteroatoms. The number of carbonyl (C=O) groups excluding carboxylic acids is 2. The van der Waals surface area contributed by atoms with Crippen LogP contribution in [0.5, 0.6) is 0 Å². The fraction of sp³-hybridized carbons (Fsp3) is 0.692. The summed E-state index contributed by atoms with van der Waals surface area (Å²) in [5.74, 6) is -2.86. The molecule has 5 N–H and O–H groups in total. The third-order valence-corrected chi connectivity index (χ3v) is 7.11. The van der Waals surface area contributed by atoms with E-state index in [2.05, 4.69) is 6.58 Å². The van der Waals surface area contributed by atoms with E-state index in [1.165, 1.54) is 12.3 Å². The summed E-state index contributed by atoms with van der Waals surface area (Å²) >= 11 is 0. The van der Waals surface area contributed by atoms with Crippen molar-refractivity contribution in [2.24, 2.45) is 17.8 Å². The fourth-order valence-electron chi connectivity index (χ4n) is 4.73. The van der Waals surface area contributed by atoms with Crippen molar-refractivity contribution in [2.45, 2.75) is 82.8 Å². The average Bonchev–Trinajstić information content (AvgIpc) is 2.88. The van der Waals surface area contributed by atoms with Crippen molar-refractivity contribution in [3.05, 3.63) is 36.1 Å². The molecule has 0 aromatic rings. The van der Waals surface area contributed by atoms with Crippen molar-refractivity contribution in [2.75, 3.05) is 13.2 Å². The Morgan fingerprint density at radius 2 is 1.95 bits per heavy atom. The van der Waals surface area contributed by atoms with E-state index in [1.54, 1.807) is 13.0 Å². The number of fused-ring (bicyclic) bond motifs is 1. The first-order chi connectivity index (χ1) is 18.1. The second-order valence-corrected chi connectivity index (χ2v) is 9.86. The highest BCUT2D eigenvalue weighted by Crippen LogP contribution is 2.41. The van der Waals surface area contributed by atoms with Gasteiger partial charge in [-0.3, -0.25) is 4.79 Å². The summed E-state index contributed by atoms with van der Waals surface area (Å²) in [5.41, 5.74) is 1.24. The Hall–Kier alpha value is -2.32. The zero-order chi connectivity index (χ0) is 28.0. The molecule has 12 nitrogen and oxygen atoms in total. The Labute approximate surface area is 221 Å². The molecule has 0 saturated carbocycles. The summed E-state index contributed by atoms with van der Waals surface area (Å²) in [7, 11) is 0. The van der Waals surface area contributed by atoms with Gasteiger partial charge in [-0.25, -0.2) is 4.79 Å². The van der Waals surface area contributed by atoms with E-state index < -0.39 is 79.6 Å². The van der Waals surface area contributed by atoms with E-state index in [0.29, 0.717) is 6.42 Å². The molecule has 3 rings (SSSR count). The van der Waals surface area contributed by atoms with Crippen LogP contribution < -0.4 is 0 Å². The quantitative estimate of drug-likeness (QED) is 0.175. The molecular weight excluding hydrogens is 504 g/mol. The first-order valence-corrected chi connectivity index (χ1v) is 12.7. The van der Waals surface area contributed by atoms with Crippen LogP contribution in [0.4, 0.5) is 0 Å². The predicted octanol–water partition coefficient (Wildman–Crippen LogP) is 0.0227. The Morgan fingerprint density at radius 1 is 1.21 bits per heavy atom. The largest absolute Gasteiger partial charge is 0.471 e. The normalized spacial score (nSPS) is 36.3. The Morgan fingerprint density at radius 3 is 2.61 bits per heavy atom. The summed E-state index contributed by atoms with van der Waals surface area (Å²) in [6.07, 6.45) is -3.16. The molecular formula is C26H38O12. The molecule has 0 aromatic carbocycles. The highest BCUT2D eigenvalue weighted by atomic mass is 16.8. The zero-order valence-electron chi connectivity index (χ0n) is 21.5. The molecule has 3 heterocycles. The lowest BCUT2D eigenvalue weighted by Gasteiger charge is -2.44. The summed E-state index contributed by atoms with van der Waals surface area (Å²) in [4.78, 5) is 25.3. The molecule has 3 aliphatic rings. The zero-order valence-corrected chi connectivity index (χ0v) is 21.5. The highest BCUT2D eigenvalue weighted by molar-refractivity contribution is 5.90. The van der Waals surface area contributed by atoms with E-state index in [0.717, 1.165) is 18.4 Å². The number of rotatable bonds is 11. The van der Waals surface area contributed by atoms with Crippen LogP contribution in [0.3, 0.4) is 0 Å². The maximum absolute atomic E-state index is 12.7. The van der Waals surface area contributed by atoms with Gasteiger partial charge in [0.05, 0.1) is 31.0 Å². The van der Waals surface area contributed by atoms with Crippen LogP contribution in [-0.4, -0.2) is 94.0 Å². The van der Waals surface area contributed by atoms with Crippen molar-refractivity contribution in [1.29, 1.82) is 0 Å². The number of aliphatic hydroxyl groups is 5. The molecule has 0 amide bonds. The number of carbonyl (C=O) groups is 2. The number of cyclic esters (lactones) is 1. The fourth-order valence-corrected chi connectivity index (χ4v) is 4.73. The van der Waals surface area contributed by atoms with Crippen LogP contribution in [0, 0.1) is 17.8 Å². The number of hydrogen-bond donors (Lipinski definition) is 5. The van der Waals surface area contributed by atoms with Crippen LogP contribution >= 0.6 is 0 Å². The van der Waals surface area contributed by atoms with E-state index in [-0.39, 0.29) is 18.6 Å². The van der Waals surface area contributed by atoms with Crippen LogP contribution in [0.15, 0.2) is 36.1 Å². The molecule has 0 bridgehead atoms. The molecule has 2 saturated heterocycles. The van der Waals surface area contributed by atoms with Crippen molar-refractivity contribution < 1.29 is 58.8 Å². The molecule has 0 aromatic heterocycles. The third-order valence-electron chi connectivity index (χ3n) is 7.11. The summed E-state index contributed by atoms with van der Waals surface area (Å²) in [6, 6.07) is 0. The minimum atomic E-state index is -1.64. The van der Waals surface area contributed by atoms with Crippen molar-refractivity contribution in [1.82, 2.24) is 0 Å². The topological polar surface area (TPSA) is 181 Å². The van der Waals surface area contributed by atoms with Gasteiger partial charge in [0.25, 0.3) is 0 Å². The van der Waals surface area contributed by atoms with Gasteiger partial charge in [0.2, 0.25) is 12.6 Å². The van der Waals surface area contributed by atoms with Crippen LogP contribution in [-0.2, 0) is 33.3 Å². The van der Waals surface area contributed by atoms with Gasteiger partial charge in [0.15, 0.2) is 6.29 Å². The average molecular weight is 543 g/mol. The molecule has 3 aliphatic heterocycles. The lowest BCUT2D eigenvalue weighted by atomic mass is 9.80. The molecule has 2 fully saturated rings.